The highest BCUT2D eigenvalue weighted by molar-refractivity contribution is 7.89. The summed E-state index contributed by atoms with van der Waals surface area (Å²) in [5.74, 6) is -1.16. The number of piperidine rings is 1. The average molecular weight is 514 g/mol. The summed E-state index contributed by atoms with van der Waals surface area (Å²) >= 11 is 0. The molecule has 0 aliphatic carbocycles. The molecule has 1 N–H and O–H groups in total. The number of rotatable bonds is 9. The van der Waals surface area contributed by atoms with Crippen molar-refractivity contribution in [1.29, 1.82) is 0 Å². The number of para-hydroxylation sites is 1. The van der Waals surface area contributed by atoms with Gasteiger partial charge in [0.2, 0.25) is 10.0 Å². The first kappa shape index (κ1) is 26.9. The lowest BCUT2D eigenvalue weighted by molar-refractivity contribution is -0.274. The Bertz CT molecular complexity index is 1100. The minimum atomic E-state index is -4.92. The predicted molar refractivity (Wildman–Crippen MR) is 125 cm³/mol. The molecule has 35 heavy (non-hydrogen) atoms. The number of alkyl halides is 3. The number of halogens is 3. The number of amides is 1. The summed E-state index contributed by atoms with van der Waals surface area (Å²) in [6, 6.07) is 10.3. The minimum Gasteiger partial charge on any atom is -0.405 e. The Morgan fingerprint density at radius 3 is 2.43 bits per heavy atom. The van der Waals surface area contributed by atoms with E-state index in [0.717, 1.165) is 11.8 Å². The topological polar surface area (TPSA) is 88.6 Å². The molecule has 3 rings (SSSR count). The van der Waals surface area contributed by atoms with E-state index in [9.17, 15) is 26.4 Å². The maximum atomic E-state index is 12.8. The molecule has 192 valence electrons. The fraction of sp³-hybridized carbons (Fsp3) is 0.500. The molecule has 1 unspecified atom stereocenters. The summed E-state index contributed by atoms with van der Waals surface area (Å²) in [5.41, 5.74) is 0.0900. The second-order valence-electron chi connectivity index (χ2n) is 8.83. The third-order valence-electron chi connectivity index (χ3n) is 6.18. The van der Waals surface area contributed by atoms with Crippen LogP contribution in [0.5, 0.6) is 5.75 Å². The zero-order chi connectivity index (χ0) is 25.7. The first-order chi connectivity index (χ1) is 16.5. The van der Waals surface area contributed by atoms with Crippen molar-refractivity contribution >= 4 is 15.9 Å². The van der Waals surface area contributed by atoms with Crippen LogP contribution in [0.2, 0.25) is 0 Å². The Kier molecular flexibility index (Phi) is 8.42. The summed E-state index contributed by atoms with van der Waals surface area (Å²) in [6.45, 7) is 4.27. The van der Waals surface area contributed by atoms with Gasteiger partial charge in [0, 0.05) is 36.4 Å². The Hall–Kier alpha value is -2.66. The van der Waals surface area contributed by atoms with Gasteiger partial charge in [0.1, 0.15) is 5.75 Å². The van der Waals surface area contributed by atoms with E-state index < -0.39 is 39.5 Å². The number of carbonyl (C=O) groups is 1. The Balaban J connectivity index is 1.77. The first-order valence-corrected chi connectivity index (χ1v) is 13.1. The number of hydrogen-bond acceptors (Lipinski definition) is 5. The van der Waals surface area contributed by atoms with Crippen LogP contribution in [0.3, 0.4) is 0 Å². The zero-order valence-electron chi connectivity index (χ0n) is 19.7. The number of sulfonamides is 1. The number of benzene rings is 1. The highest BCUT2D eigenvalue weighted by Crippen LogP contribution is 2.39. The number of nitrogens with zero attached hydrogens (tertiary/aromatic N) is 2. The number of nitrogens with one attached hydrogen (secondary N) is 1. The number of ether oxygens (including phenoxy) is 1. The van der Waals surface area contributed by atoms with Crippen molar-refractivity contribution in [3.8, 4) is 5.75 Å². The van der Waals surface area contributed by atoms with E-state index in [0.29, 0.717) is 38.8 Å². The summed E-state index contributed by atoms with van der Waals surface area (Å²) in [4.78, 5) is 17.4. The van der Waals surface area contributed by atoms with Crippen molar-refractivity contribution in [2.75, 3.05) is 18.8 Å². The smallest absolute Gasteiger partial charge is 0.405 e. The van der Waals surface area contributed by atoms with E-state index in [1.54, 1.807) is 19.2 Å². The monoisotopic (exact) mass is 513 g/mol. The van der Waals surface area contributed by atoms with Crippen molar-refractivity contribution in [3.05, 3.63) is 59.9 Å². The number of hydrogen-bond donors (Lipinski definition) is 1. The molecule has 1 atom stereocenters. The molecule has 1 aliphatic rings. The quantitative estimate of drug-likeness (QED) is 0.541. The summed E-state index contributed by atoms with van der Waals surface area (Å²) in [7, 11) is -3.33. The average Bonchev–Trinajstić information content (AvgIpc) is 2.79. The normalized spacial score (nSPS) is 17.5. The van der Waals surface area contributed by atoms with Gasteiger partial charge in [-0.1, -0.05) is 25.1 Å². The molecule has 0 bridgehead atoms. The fourth-order valence-electron chi connectivity index (χ4n) is 4.63. The molecule has 1 saturated heterocycles. The molecule has 11 heteroatoms. The van der Waals surface area contributed by atoms with Crippen LogP contribution in [0.4, 0.5) is 13.2 Å². The summed E-state index contributed by atoms with van der Waals surface area (Å²) in [5, 5.41) is 2.78. The Labute approximate surface area is 203 Å². The van der Waals surface area contributed by atoms with Crippen LogP contribution in [-0.4, -0.2) is 54.9 Å². The highest BCUT2D eigenvalue weighted by atomic mass is 32.2. The van der Waals surface area contributed by atoms with Gasteiger partial charge in [0.25, 0.3) is 5.91 Å². The van der Waals surface area contributed by atoms with Gasteiger partial charge in [-0.25, -0.2) is 12.7 Å². The molecule has 0 spiro atoms. The molecule has 7 nitrogen and oxygen atoms in total. The van der Waals surface area contributed by atoms with Gasteiger partial charge in [0.15, 0.2) is 0 Å². The Morgan fingerprint density at radius 2 is 1.83 bits per heavy atom. The summed E-state index contributed by atoms with van der Waals surface area (Å²) < 4.78 is 68.9. The molecule has 2 heterocycles. The predicted octanol–water partition coefficient (Wildman–Crippen LogP) is 4.26. The fourth-order valence-corrected chi connectivity index (χ4v) is 6.14. The number of aromatic nitrogens is 1. The van der Waals surface area contributed by atoms with Crippen molar-refractivity contribution < 1.29 is 31.1 Å². The van der Waals surface area contributed by atoms with Gasteiger partial charge in [0.05, 0.1) is 11.3 Å². The molecule has 2 aromatic rings. The molecule has 1 aromatic carbocycles. The third-order valence-corrected chi connectivity index (χ3v) is 8.25. The molecule has 1 amide bonds. The van der Waals surface area contributed by atoms with Gasteiger partial charge >= 0.3 is 6.36 Å². The second-order valence-corrected chi connectivity index (χ2v) is 10.9. The number of carbonyl (C=O) groups excluding carboxylic acids is 1. The maximum absolute atomic E-state index is 12.8. The van der Waals surface area contributed by atoms with Gasteiger partial charge in [-0.2, -0.15) is 0 Å². The van der Waals surface area contributed by atoms with Gasteiger partial charge in [-0.05, 0) is 56.9 Å². The van der Waals surface area contributed by atoms with Crippen LogP contribution in [0.1, 0.15) is 55.6 Å². The zero-order valence-corrected chi connectivity index (χ0v) is 20.5. The van der Waals surface area contributed by atoms with E-state index in [1.165, 1.54) is 22.5 Å². The first-order valence-electron chi connectivity index (χ1n) is 11.5. The van der Waals surface area contributed by atoms with Crippen molar-refractivity contribution in [2.24, 2.45) is 0 Å². The van der Waals surface area contributed by atoms with Crippen LogP contribution in [0.25, 0.3) is 0 Å². The Morgan fingerprint density at radius 1 is 1.17 bits per heavy atom. The van der Waals surface area contributed by atoms with Crippen molar-refractivity contribution in [3.63, 3.8) is 0 Å². The SMILES string of the molecule is CCCS(=O)(=O)N1CCC(CC(C)NC(=O)c2ccccc2OC(F)(F)F)(c2ccccn2)CC1. The van der Waals surface area contributed by atoms with Crippen LogP contribution in [0, 0.1) is 0 Å². The van der Waals surface area contributed by atoms with Crippen molar-refractivity contribution in [1.82, 2.24) is 14.6 Å². The van der Waals surface area contributed by atoms with E-state index in [2.05, 4.69) is 15.0 Å². The van der Waals surface area contributed by atoms with Gasteiger partial charge < -0.3 is 10.1 Å². The molecular formula is C24H30F3N3O4S. The standard InChI is InChI=1S/C24H30F3N3O4S/c1-3-16-35(32,33)30-14-11-23(12-15-30,21-10-6-7-13-28-21)17-18(2)29-22(31)19-8-4-5-9-20(19)34-24(25,26)27/h4-10,13,18H,3,11-12,14-17H2,1-2H3,(H,29,31). The lowest BCUT2D eigenvalue weighted by atomic mass is 9.71. The van der Waals surface area contributed by atoms with E-state index in [1.807, 2.05) is 19.1 Å². The van der Waals surface area contributed by atoms with Gasteiger partial charge in [-0.3, -0.25) is 9.78 Å². The van der Waals surface area contributed by atoms with Crippen LogP contribution in [-0.2, 0) is 15.4 Å². The lowest BCUT2D eigenvalue weighted by Crippen LogP contribution is -2.49. The van der Waals surface area contributed by atoms with E-state index in [-0.39, 0.29) is 11.3 Å². The van der Waals surface area contributed by atoms with E-state index >= 15 is 0 Å². The lowest BCUT2D eigenvalue weighted by Gasteiger charge is -2.42. The molecule has 0 radical (unpaired) electrons. The van der Waals surface area contributed by atoms with Crippen molar-refractivity contribution in [2.45, 2.75) is 57.3 Å². The number of pyridine rings is 1. The highest BCUT2D eigenvalue weighted by Gasteiger charge is 2.41. The molecule has 0 saturated carbocycles. The largest absolute Gasteiger partial charge is 0.573 e. The van der Waals surface area contributed by atoms with Crippen LogP contribution < -0.4 is 10.1 Å². The van der Waals surface area contributed by atoms with Crippen LogP contribution >= 0.6 is 0 Å². The molecule has 1 fully saturated rings. The maximum Gasteiger partial charge on any atom is 0.573 e. The minimum absolute atomic E-state index is 0.0927. The molecule has 1 aromatic heterocycles. The second kappa shape index (κ2) is 10.9. The molecule has 1 aliphatic heterocycles. The van der Waals surface area contributed by atoms with Crippen LogP contribution in [0.15, 0.2) is 48.7 Å². The summed E-state index contributed by atoms with van der Waals surface area (Å²) in [6.07, 6.45) is -1.24. The molecular weight excluding hydrogens is 483 g/mol. The third kappa shape index (κ3) is 6.94. The van der Waals surface area contributed by atoms with Gasteiger partial charge in [-0.15, -0.1) is 13.2 Å². The van der Waals surface area contributed by atoms with E-state index in [4.69, 9.17) is 0 Å².